The number of rotatable bonds is 3. The van der Waals surface area contributed by atoms with E-state index in [0.717, 1.165) is 5.92 Å². The first-order valence-corrected chi connectivity index (χ1v) is 10.5. The molecule has 1 fully saturated rings. The largest absolute Gasteiger partial charge is 0.0616 e. The summed E-state index contributed by atoms with van der Waals surface area (Å²) >= 11 is 0. The van der Waals surface area contributed by atoms with Gasteiger partial charge in [0, 0.05) is 32.6 Å². The van der Waals surface area contributed by atoms with Crippen molar-refractivity contribution in [1.29, 1.82) is 0 Å². The van der Waals surface area contributed by atoms with E-state index < -0.39 is 0 Å². The molecule has 1 radical (unpaired) electrons. The smallest absolute Gasteiger partial charge is 0.0164 e. The van der Waals surface area contributed by atoms with Gasteiger partial charge >= 0.3 is 0 Å². The van der Waals surface area contributed by atoms with Crippen molar-refractivity contribution < 1.29 is 26.2 Å². The summed E-state index contributed by atoms with van der Waals surface area (Å²) in [5.74, 6) is 0.890. The van der Waals surface area contributed by atoms with Gasteiger partial charge in [-0.05, 0) is 58.4 Å². The van der Waals surface area contributed by atoms with E-state index in [0.29, 0.717) is 0 Å². The maximum Gasteiger partial charge on any atom is 0.0164 e. The van der Waals surface area contributed by atoms with E-state index in [9.17, 15) is 0 Å². The topological polar surface area (TPSA) is 0 Å². The standard InChI is InChI=1S/C27H27.Zr/c1-19-13-25-16-21(15-20-7-3-2-4-8-20)17-27(25)26(14-19)24-12-11-22-9-5-6-10-23(22)18-24;/h5-6,9-14,16-18,20H,2-4,7-8,15H2,1H3;. The van der Waals surface area contributed by atoms with Gasteiger partial charge in [0.2, 0.25) is 0 Å². The number of hydrogen-bond donors (Lipinski definition) is 0. The third-order valence-electron chi connectivity index (χ3n) is 6.34. The molecule has 2 aliphatic rings. The summed E-state index contributed by atoms with van der Waals surface area (Å²) in [7, 11) is 0. The van der Waals surface area contributed by atoms with Crippen LogP contribution in [0, 0.1) is 19.3 Å². The molecule has 1 heteroatoms. The molecule has 0 bridgehead atoms. The summed E-state index contributed by atoms with van der Waals surface area (Å²) in [6, 6.07) is 20.2. The molecular formula is C27H27Zr. The Morgan fingerprint density at radius 2 is 1.64 bits per heavy atom. The fourth-order valence-electron chi connectivity index (χ4n) is 4.97. The number of hydrogen-bond acceptors (Lipinski definition) is 0. The molecule has 0 aromatic heterocycles. The van der Waals surface area contributed by atoms with Crippen LogP contribution in [-0.2, 0) is 26.2 Å². The van der Waals surface area contributed by atoms with Crippen LogP contribution < -0.4 is 0 Å². The zero-order valence-corrected chi connectivity index (χ0v) is 19.1. The van der Waals surface area contributed by atoms with Gasteiger partial charge in [0.1, 0.15) is 0 Å². The summed E-state index contributed by atoms with van der Waals surface area (Å²) in [4.78, 5) is 0. The molecule has 0 spiro atoms. The molecular weight excluding hydrogens is 416 g/mol. The summed E-state index contributed by atoms with van der Waals surface area (Å²) in [5.41, 5.74) is 8.42. The number of benzene rings is 3. The minimum Gasteiger partial charge on any atom is -0.0616 e. The Morgan fingerprint density at radius 1 is 0.857 bits per heavy atom. The first-order valence-electron chi connectivity index (χ1n) is 10.5. The summed E-state index contributed by atoms with van der Waals surface area (Å²) in [6.45, 7) is 2.22. The van der Waals surface area contributed by atoms with E-state index in [4.69, 9.17) is 0 Å². The predicted molar refractivity (Wildman–Crippen MR) is 117 cm³/mol. The summed E-state index contributed by atoms with van der Waals surface area (Å²) in [6.07, 6.45) is 13.3. The Kier molecular flexibility index (Phi) is 6.02. The predicted octanol–water partition coefficient (Wildman–Crippen LogP) is 7.73. The van der Waals surface area contributed by atoms with Crippen LogP contribution in [0.15, 0.2) is 60.2 Å². The van der Waals surface area contributed by atoms with Crippen molar-refractivity contribution >= 4 is 16.8 Å². The Morgan fingerprint density at radius 3 is 2.46 bits per heavy atom. The minimum atomic E-state index is 0. The van der Waals surface area contributed by atoms with Crippen molar-refractivity contribution in [3.8, 4) is 11.1 Å². The zero-order chi connectivity index (χ0) is 18.2. The second kappa shape index (κ2) is 8.50. The van der Waals surface area contributed by atoms with Gasteiger partial charge in [0.15, 0.2) is 0 Å². The molecule has 3 aromatic rings. The van der Waals surface area contributed by atoms with Crippen molar-refractivity contribution in [1.82, 2.24) is 0 Å². The van der Waals surface area contributed by atoms with Gasteiger partial charge in [-0.25, -0.2) is 0 Å². The number of allylic oxidation sites excluding steroid dienone is 1. The minimum absolute atomic E-state index is 0. The van der Waals surface area contributed by atoms with Crippen LogP contribution in [-0.4, -0.2) is 0 Å². The Hall–Kier alpha value is -1.46. The number of aryl methyl sites for hydroxylation is 1. The maximum atomic E-state index is 2.47. The molecule has 139 valence electrons. The third kappa shape index (κ3) is 3.97. The molecule has 0 saturated heterocycles. The average molecular weight is 443 g/mol. The molecule has 0 aliphatic heterocycles. The van der Waals surface area contributed by atoms with Crippen LogP contribution in [0.1, 0.15) is 55.2 Å². The van der Waals surface area contributed by atoms with Gasteiger partial charge in [0.25, 0.3) is 0 Å². The fraction of sp³-hybridized carbons (Fsp3) is 0.296. The SMILES string of the molecule is Cc1cc2c(c(-c3ccc4ccccc4c3)c1)C=C(CC1CCCCC1)[CH]2.[Zr]. The Bertz CT molecular complexity index is 1020. The van der Waals surface area contributed by atoms with Crippen LogP contribution in [0.5, 0.6) is 0 Å². The normalized spacial score (nSPS) is 16.5. The van der Waals surface area contributed by atoms with Gasteiger partial charge in [-0.1, -0.05) is 97.8 Å². The molecule has 2 aliphatic carbocycles. The molecule has 0 atom stereocenters. The molecule has 0 nitrogen and oxygen atoms in total. The molecule has 0 unspecified atom stereocenters. The average Bonchev–Trinajstić information content (AvgIpc) is 3.09. The van der Waals surface area contributed by atoms with E-state index in [1.807, 2.05) is 0 Å². The van der Waals surface area contributed by atoms with Gasteiger partial charge in [-0.2, -0.15) is 0 Å². The van der Waals surface area contributed by atoms with Gasteiger partial charge in [-0.15, -0.1) is 0 Å². The summed E-state index contributed by atoms with van der Waals surface area (Å²) in [5, 5.41) is 2.63. The maximum absolute atomic E-state index is 2.47. The van der Waals surface area contributed by atoms with Crippen molar-refractivity contribution in [2.75, 3.05) is 0 Å². The quantitative estimate of drug-likeness (QED) is 0.389. The first kappa shape index (κ1) is 19.8. The summed E-state index contributed by atoms with van der Waals surface area (Å²) < 4.78 is 0. The zero-order valence-electron chi connectivity index (χ0n) is 16.7. The van der Waals surface area contributed by atoms with E-state index in [1.165, 1.54) is 82.7 Å². The van der Waals surface area contributed by atoms with Gasteiger partial charge < -0.3 is 0 Å². The molecule has 28 heavy (non-hydrogen) atoms. The van der Waals surface area contributed by atoms with Crippen molar-refractivity contribution in [3.05, 3.63) is 83.3 Å². The molecule has 0 N–H and O–H groups in total. The molecule has 0 heterocycles. The van der Waals surface area contributed by atoms with Gasteiger partial charge in [0.05, 0.1) is 0 Å². The van der Waals surface area contributed by atoms with E-state index in [1.54, 1.807) is 0 Å². The van der Waals surface area contributed by atoms with E-state index in [2.05, 4.69) is 74.0 Å². The molecule has 0 amide bonds. The van der Waals surface area contributed by atoms with Crippen LogP contribution in [0.4, 0.5) is 0 Å². The van der Waals surface area contributed by atoms with Crippen LogP contribution in [0.3, 0.4) is 0 Å². The monoisotopic (exact) mass is 441 g/mol. The van der Waals surface area contributed by atoms with Crippen LogP contribution in [0.2, 0.25) is 0 Å². The second-order valence-electron chi connectivity index (χ2n) is 8.45. The van der Waals surface area contributed by atoms with Crippen LogP contribution in [0.25, 0.3) is 28.0 Å². The molecule has 5 rings (SSSR count). The first-order chi connectivity index (χ1) is 13.3. The van der Waals surface area contributed by atoms with Crippen molar-refractivity contribution in [2.24, 2.45) is 5.92 Å². The van der Waals surface area contributed by atoms with Crippen molar-refractivity contribution in [2.45, 2.75) is 45.4 Å². The second-order valence-corrected chi connectivity index (χ2v) is 8.45. The molecule has 1 saturated carbocycles. The Balaban J connectivity index is 0.00000192. The fourth-order valence-corrected chi connectivity index (χ4v) is 4.97. The Labute approximate surface area is 188 Å². The number of fused-ring (bicyclic) bond motifs is 2. The molecule has 3 aromatic carbocycles. The van der Waals surface area contributed by atoms with Gasteiger partial charge in [-0.3, -0.25) is 0 Å². The van der Waals surface area contributed by atoms with Crippen LogP contribution >= 0.6 is 0 Å². The van der Waals surface area contributed by atoms with Crippen molar-refractivity contribution in [3.63, 3.8) is 0 Å². The third-order valence-corrected chi connectivity index (χ3v) is 6.34. The van der Waals surface area contributed by atoms with E-state index >= 15 is 0 Å². The van der Waals surface area contributed by atoms with E-state index in [-0.39, 0.29) is 26.2 Å².